The van der Waals surface area contributed by atoms with Crippen LogP contribution < -0.4 is 0 Å². The van der Waals surface area contributed by atoms with Gasteiger partial charge in [-0.15, -0.1) is 0 Å². The Labute approximate surface area is 186 Å². The quantitative estimate of drug-likeness (QED) is 0.384. The van der Waals surface area contributed by atoms with E-state index in [1.54, 1.807) is 12.1 Å². The molecule has 0 aliphatic heterocycles. The number of rotatable bonds is 7. The number of carbonyl (C=O) groups is 1. The van der Waals surface area contributed by atoms with E-state index in [0.29, 0.717) is 35.8 Å². The second-order valence-corrected chi connectivity index (χ2v) is 8.23. The van der Waals surface area contributed by atoms with Gasteiger partial charge in [0.05, 0.1) is 4.92 Å². The molecule has 0 radical (unpaired) electrons. The first-order valence-electron chi connectivity index (χ1n) is 11.0. The third kappa shape index (κ3) is 5.01. The molecule has 1 aliphatic carbocycles. The number of benzene rings is 2. The van der Waals surface area contributed by atoms with Crippen molar-refractivity contribution in [3.8, 4) is 11.4 Å². The van der Waals surface area contributed by atoms with Crippen LogP contribution in [0.15, 0.2) is 53.1 Å². The molecule has 0 unspecified atom stereocenters. The van der Waals surface area contributed by atoms with Gasteiger partial charge in [0, 0.05) is 42.3 Å². The van der Waals surface area contributed by atoms with Crippen LogP contribution in [0.25, 0.3) is 11.4 Å². The predicted molar refractivity (Wildman–Crippen MR) is 119 cm³/mol. The highest BCUT2D eigenvalue weighted by Crippen LogP contribution is 2.25. The van der Waals surface area contributed by atoms with E-state index in [2.05, 4.69) is 10.1 Å². The highest BCUT2D eigenvalue weighted by molar-refractivity contribution is 5.94. The van der Waals surface area contributed by atoms with Crippen LogP contribution in [0.1, 0.15) is 53.9 Å². The van der Waals surface area contributed by atoms with Crippen LogP contribution in [-0.4, -0.2) is 38.5 Å². The average molecular weight is 434 g/mol. The SMILES string of the molecule is Cc1ccc(C(=O)N(CCc2nc(-c3cccc([N+](=O)[O-])c3)no2)C2CCCCC2)cc1. The summed E-state index contributed by atoms with van der Waals surface area (Å²) in [5.74, 6) is 0.733. The zero-order chi connectivity index (χ0) is 22.5. The first kappa shape index (κ1) is 21.7. The lowest BCUT2D eigenvalue weighted by Crippen LogP contribution is -2.42. The molecule has 166 valence electrons. The summed E-state index contributed by atoms with van der Waals surface area (Å²) in [6.45, 7) is 2.48. The molecule has 4 rings (SSSR count). The molecule has 1 aromatic heterocycles. The van der Waals surface area contributed by atoms with Gasteiger partial charge in [-0.3, -0.25) is 14.9 Å². The van der Waals surface area contributed by atoms with Gasteiger partial charge in [0.25, 0.3) is 11.6 Å². The number of nitro groups is 1. The van der Waals surface area contributed by atoms with Crippen molar-refractivity contribution >= 4 is 11.6 Å². The largest absolute Gasteiger partial charge is 0.339 e. The van der Waals surface area contributed by atoms with Gasteiger partial charge >= 0.3 is 0 Å². The summed E-state index contributed by atoms with van der Waals surface area (Å²) in [5.41, 5.74) is 2.30. The van der Waals surface area contributed by atoms with E-state index in [1.165, 1.54) is 18.6 Å². The number of nitro benzene ring substituents is 1. The van der Waals surface area contributed by atoms with Gasteiger partial charge in [-0.05, 0) is 31.9 Å². The third-order valence-electron chi connectivity index (χ3n) is 5.92. The van der Waals surface area contributed by atoms with Crippen molar-refractivity contribution < 1.29 is 14.2 Å². The number of non-ortho nitro benzene ring substituents is 1. The molecule has 0 spiro atoms. The van der Waals surface area contributed by atoms with Crippen LogP contribution in [0, 0.1) is 17.0 Å². The Morgan fingerprint density at radius 1 is 1.16 bits per heavy atom. The van der Waals surface area contributed by atoms with Crippen molar-refractivity contribution in [3.63, 3.8) is 0 Å². The summed E-state index contributed by atoms with van der Waals surface area (Å²) in [5, 5.41) is 15.0. The Kier molecular flexibility index (Phi) is 6.58. The fourth-order valence-corrected chi connectivity index (χ4v) is 4.15. The van der Waals surface area contributed by atoms with Gasteiger partial charge < -0.3 is 9.42 Å². The lowest BCUT2D eigenvalue weighted by molar-refractivity contribution is -0.384. The van der Waals surface area contributed by atoms with Gasteiger partial charge in [-0.1, -0.05) is 54.2 Å². The summed E-state index contributed by atoms with van der Waals surface area (Å²) >= 11 is 0. The molecule has 32 heavy (non-hydrogen) atoms. The van der Waals surface area contributed by atoms with Gasteiger partial charge in [0.2, 0.25) is 11.7 Å². The Bertz CT molecular complexity index is 1090. The second kappa shape index (κ2) is 9.72. The summed E-state index contributed by atoms with van der Waals surface area (Å²) in [7, 11) is 0. The van der Waals surface area contributed by atoms with Gasteiger partial charge in [0.1, 0.15) is 0 Å². The Morgan fingerprint density at radius 2 is 1.91 bits per heavy atom. The van der Waals surface area contributed by atoms with E-state index in [1.807, 2.05) is 36.1 Å². The minimum atomic E-state index is -0.455. The van der Waals surface area contributed by atoms with Crippen molar-refractivity contribution in [1.82, 2.24) is 15.0 Å². The molecular formula is C24H26N4O4. The van der Waals surface area contributed by atoms with Gasteiger partial charge in [-0.25, -0.2) is 0 Å². The van der Waals surface area contributed by atoms with E-state index < -0.39 is 4.92 Å². The third-order valence-corrected chi connectivity index (χ3v) is 5.92. The van der Waals surface area contributed by atoms with E-state index >= 15 is 0 Å². The zero-order valence-corrected chi connectivity index (χ0v) is 18.1. The molecule has 1 heterocycles. The maximum atomic E-state index is 13.3. The molecule has 0 atom stereocenters. The van der Waals surface area contributed by atoms with Gasteiger partial charge in [-0.2, -0.15) is 4.98 Å². The number of carbonyl (C=O) groups excluding carboxylic acids is 1. The molecule has 1 fully saturated rings. The predicted octanol–water partition coefficient (Wildman–Crippen LogP) is 4.97. The monoisotopic (exact) mass is 434 g/mol. The van der Waals surface area contributed by atoms with E-state index in [0.717, 1.165) is 31.2 Å². The number of hydrogen-bond acceptors (Lipinski definition) is 6. The molecule has 1 saturated carbocycles. The van der Waals surface area contributed by atoms with Crippen LogP contribution in [-0.2, 0) is 6.42 Å². The van der Waals surface area contributed by atoms with Crippen molar-refractivity contribution in [2.24, 2.45) is 0 Å². The summed E-state index contributed by atoms with van der Waals surface area (Å²) < 4.78 is 5.39. The molecule has 1 amide bonds. The smallest absolute Gasteiger partial charge is 0.270 e. The molecule has 8 heteroatoms. The maximum Gasteiger partial charge on any atom is 0.270 e. The molecule has 8 nitrogen and oxygen atoms in total. The second-order valence-electron chi connectivity index (χ2n) is 8.23. The first-order valence-corrected chi connectivity index (χ1v) is 11.0. The molecule has 0 N–H and O–H groups in total. The van der Waals surface area contributed by atoms with Crippen molar-refractivity contribution in [3.05, 3.63) is 75.7 Å². The molecule has 0 saturated heterocycles. The molecule has 0 bridgehead atoms. The topological polar surface area (TPSA) is 102 Å². The fourth-order valence-electron chi connectivity index (χ4n) is 4.15. The molecular weight excluding hydrogens is 408 g/mol. The normalized spacial score (nSPS) is 14.3. The minimum absolute atomic E-state index is 0.0234. The van der Waals surface area contributed by atoms with Crippen LogP contribution in [0.4, 0.5) is 5.69 Å². The van der Waals surface area contributed by atoms with E-state index in [-0.39, 0.29) is 17.6 Å². The highest BCUT2D eigenvalue weighted by Gasteiger charge is 2.27. The van der Waals surface area contributed by atoms with Gasteiger partial charge in [0.15, 0.2) is 0 Å². The number of aromatic nitrogens is 2. The lowest BCUT2D eigenvalue weighted by Gasteiger charge is -2.34. The van der Waals surface area contributed by atoms with Crippen molar-refractivity contribution in [2.45, 2.75) is 51.5 Å². The van der Waals surface area contributed by atoms with Crippen LogP contribution in [0.2, 0.25) is 0 Å². The summed E-state index contributed by atoms with van der Waals surface area (Å²) in [6, 6.07) is 14.0. The van der Waals surface area contributed by atoms with E-state index in [9.17, 15) is 14.9 Å². The first-order chi connectivity index (χ1) is 15.5. The number of hydrogen-bond donors (Lipinski definition) is 0. The average Bonchev–Trinajstić information content (AvgIpc) is 3.29. The Morgan fingerprint density at radius 3 is 2.62 bits per heavy atom. The Balaban J connectivity index is 1.49. The number of aryl methyl sites for hydroxylation is 1. The molecule has 3 aromatic rings. The highest BCUT2D eigenvalue weighted by atomic mass is 16.6. The molecule has 1 aliphatic rings. The standard InChI is InChI=1S/C24H26N4O4/c1-17-10-12-18(13-11-17)24(29)27(20-7-3-2-4-8-20)15-14-22-25-23(26-32-22)19-6-5-9-21(16-19)28(30)31/h5-6,9-13,16,20H,2-4,7-8,14-15H2,1H3. The van der Waals surface area contributed by atoms with E-state index in [4.69, 9.17) is 4.52 Å². The number of amides is 1. The van der Waals surface area contributed by atoms with Crippen LogP contribution in [0.3, 0.4) is 0 Å². The van der Waals surface area contributed by atoms with Crippen molar-refractivity contribution in [1.29, 1.82) is 0 Å². The lowest BCUT2D eigenvalue weighted by atomic mass is 9.93. The summed E-state index contributed by atoms with van der Waals surface area (Å²) in [6.07, 6.45) is 5.88. The number of nitrogens with zero attached hydrogens (tertiary/aromatic N) is 4. The fraction of sp³-hybridized carbons (Fsp3) is 0.375. The maximum absolute atomic E-state index is 13.3. The Hall–Kier alpha value is -3.55. The molecule has 2 aromatic carbocycles. The summed E-state index contributed by atoms with van der Waals surface area (Å²) in [4.78, 5) is 30.2. The van der Waals surface area contributed by atoms with Crippen molar-refractivity contribution in [2.75, 3.05) is 6.54 Å². The van der Waals surface area contributed by atoms with Crippen LogP contribution >= 0.6 is 0 Å². The minimum Gasteiger partial charge on any atom is -0.339 e. The van der Waals surface area contributed by atoms with Crippen LogP contribution in [0.5, 0.6) is 0 Å². The zero-order valence-electron chi connectivity index (χ0n) is 18.1.